The minimum atomic E-state index is -0.332. The molecule has 0 saturated carbocycles. The van der Waals surface area contributed by atoms with Crippen LogP contribution in [0.15, 0.2) is 0 Å². The van der Waals surface area contributed by atoms with Gasteiger partial charge in [-0.2, -0.15) is 0 Å². The molecule has 1 aliphatic heterocycles. The van der Waals surface area contributed by atoms with E-state index in [1.54, 1.807) is 7.11 Å². The van der Waals surface area contributed by atoms with Gasteiger partial charge in [-0.1, -0.05) is 0 Å². The van der Waals surface area contributed by atoms with E-state index in [0.29, 0.717) is 13.2 Å². The Bertz CT molecular complexity index is 262. The first-order chi connectivity index (χ1) is 7.28. The Morgan fingerprint density at radius 1 is 1.38 bits per heavy atom. The Kier molecular flexibility index (Phi) is 3.97. The molecule has 1 rings (SSSR count). The largest absolute Gasteiger partial charge is 0.383 e. The molecule has 4 nitrogen and oxygen atoms in total. The normalized spacial score (nSPS) is 24.3. The van der Waals surface area contributed by atoms with Gasteiger partial charge in [-0.15, -0.1) is 0 Å². The molecule has 1 amide bonds. The fourth-order valence-corrected chi connectivity index (χ4v) is 1.95. The molecule has 0 aliphatic carbocycles. The van der Waals surface area contributed by atoms with Crippen molar-refractivity contribution in [2.24, 2.45) is 5.41 Å². The lowest BCUT2D eigenvalue weighted by Crippen LogP contribution is -2.47. The van der Waals surface area contributed by atoms with Gasteiger partial charge >= 0.3 is 0 Å². The quantitative estimate of drug-likeness (QED) is 0.779. The highest BCUT2D eigenvalue weighted by molar-refractivity contribution is 5.82. The molecule has 0 radical (unpaired) electrons. The predicted octanol–water partition coefficient (Wildman–Crippen LogP) is 0.869. The summed E-state index contributed by atoms with van der Waals surface area (Å²) in [5.41, 5.74) is -0.362. The number of hydrogen-bond acceptors (Lipinski definition) is 3. The minimum Gasteiger partial charge on any atom is -0.383 e. The van der Waals surface area contributed by atoms with E-state index in [1.807, 2.05) is 18.7 Å². The van der Waals surface area contributed by atoms with Crippen LogP contribution in [0.25, 0.3) is 0 Å². The zero-order valence-electron chi connectivity index (χ0n) is 11.1. The Hall–Kier alpha value is -0.610. The molecular formula is C12H24N2O2. The first-order valence-corrected chi connectivity index (χ1v) is 5.82. The van der Waals surface area contributed by atoms with Gasteiger partial charge in [-0.3, -0.25) is 4.79 Å². The first-order valence-electron chi connectivity index (χ1n) is 5.82. The van der Waals surface area contributed by atoms with Crippen molar-refractivity contribution < 1.29 is 9.53 Å². The van der Waals surface area contributed by atoms with Crippen LogP contribution in [0.2, 0.25) is 0 Å². The molecule has 1 saturated heterocycles. The van der Waals surface area contributed by atoms with Crippen molar-refractivity contribution in [3.05, 3.63) is 0 Å². The topological polar surface area (TPSA) is 41.6 Å². The Morgan fingerprint density at radius 3 is 2.56 bits per heavy atom. The van der Waals surface area contributed by atoms with E-state index in [0.717, 1.165) is 13.1 Å². The molecule has 1 N–H and O–H groups in total. The number of ether oxygens (including phenoxy) is 1. The standard InChI is InChI=1S/C12H24N2O2/c1-11(2)8-13-12(3,4)9-14(10(11)15)6-7-16-5/h13H,6-9H2,1-5H3. The summed E-state index contributed by atoms with van der Waals surface area (Å²) in [5, 5.41) is 3.44. The van der Waals surface area contributed by atoms with E-state index >= 15 is 0 Å². The number of rotatable bonds is 3. The number of hydrogen-bond donors (Lipinski definition) is 1. The maximum absolute atomic E-state index is 12.3. The summed E-state index contributed by atoms with van der Waals surface area (Å²) in [6.07, 6.45) is 0. The monoisotopic (exact) mass is 228 g/mol. The summed E-state index contributed by atoms with van der Waals surface area (Å²) in [6.45, 7) is 11.0. The number of methoxy groups -OCH3 is 1. The molecule has 0 aromatic carbocycles. The average Bonchev–Trinajstić information content (AvgIpc) is 2.26. The van der Waals surface area contributed by atoms with E-state index in [2.05, 4.69) is 19.2 Å². The van der Waals surface area contributed by atoms with Gasteiger partial charge < -0.3 is 15.0 Å². The number of nitrogens with zero attached hydrogens (tertiary/aromatic N) is 1. The van der Waals surface area contributed by atoms with Gasteiger partial charge in [0.15, 0.2) is 0 Å². The maximum atomic E-state index is 12.3. The summed E-state index contributed by atoms with van der Waals surface area (Å²) >= 11 is 0. The fourth-order valence-electron chi connectivity index (χ4n) is 1.95. The van der Waals surface area contributed by atoms with Crippen LogP contribution in [0.4, 0.5) is 0 Å². The molecular weight excluding hydrogens is 204 g/mol. The lowest BCUT2D eigenvalue weighted by Gasteiger charge is -2.30. The van der Waals surface area contributed by atoms with Crippen LogP contribution in [-0.2, 0) is 9.53 Å². The molecule has 1 fully saturated rings. The molecule has 0 spiro atoms. The van der Waals surface area contributed by atoms with E-state index in [1.165, 1.54) is 0 Å². The van der Waals surface area contributed by atoms with Gasteiger partial charge in [0, 0.05) is 32.3 Å². The van der Waals surface area contributed by atoms with Gasteiger partial charge in [0.2, 0.25) is 5.91 Å². The lowest BCUT2D eigenvalue weighted by molar-refractivity contribution is -0.139. The Balaban J connectivity index is 2.81. The molecule has 0 aromatic heterocycles. The van der Waals surface area contributed by atoms with Crippen molar-refractivity contribution in [1.82, 2.24) is 10.2 Å². The van der Waals surface area contributed by atoms with Gasteiger partial charge in [0.05, 0.1) is 12.0 Å². The molecule has 16 heavy (non-hydrogen) atoms. The molecule has 0 atom stereocenters. The van der Waals surface area contributed by atoms with Crippen molar-refractivity contribution in [2.75, 3.05) is 33.4 Å². The highest BCUT2D eigenvalue weighted by Crippen LogP contribution is 2.24. The van der Waals surface area contributed by atoms with Gasteiger partial charge in [0.25, 0.3) is 0 Å². The summed E-state index contributed by atoms with van der Waals surface area (Å²) in [5.74, 6) is 0.211. The van der Waals surface area contributed by atoms with Crippen LogP contribution in [-0.4, -0.2) is 49.7 Å². The molecule has 0 aromatic rings. The molecule has 4 heteroatoms. The third kappa shape index (κ3) is 3.19. The second kappa shape index (κ2) is 4.72. The van der Waals surface area contributed by atoms with Crippen LogP contribution < -0.4 is 5.32 Å². The zero-order chi connectivity index (χ0) is 12.4. The summed E-state index contributed by atoms with van der Waals surface area (Å²) in [4.78, 5) is 14.2. The fraction of sp³-hybridized carbons (Fsp3) is 0.917. The van der Waals surface area contributed by atoms with E-state index in [4.69, 9.17) is 4.74 Å². The van der Waals surface area contributed by atoms with Crippen molar-refractivity contribution in [2.45, 2.75) is 33.2 Å². The van der Waals surface area contributed by atoms with Crippen LogP contribution in [0.5, 0.6) is 0 Å². The lowest BCUT2D eigenvalue weighted by atomic mass is 9.92. The summed E-state index contributed by atoms with van der Waals surface area (Å²) < 4.78 is 5.06. The van der Waals surface area contributed by atoms with Crippen molar-refractivity contribution in [3.63, 3.8) is 0 Å². The summed E-state index contributed by atoms with van der Waals surface area (Å²) in [6, 6.07) is 0. The number of carbonyl (C=O) groups is 1. The number of carbonyl (C=O) groups excluding carboxylic acids is 1. The molecule has 94 valence electrons. The first kappa shape index (κ1) is 13.5. The highest BCUT2D eigenvalue weighted by Gasteiger charge is 2.38. The van der Waals surface area contributed by atoms with Gasteiger partial charge in [-0.05, 0) is 27.7 Å². The van der Waals surface area contributed by atoms with Gasteiger partial charge in [-0.25, -0.2) is 0 Å². The molecule has 0 bridgehead atoms. The molecule has 1 aliphatic rings. The maximum Gasteiger partial charge on any atom is 0.229 e. The van der Waals surface area contributed by atoms with Crippen LogP contribution in [0.3, 0.4) is 0 Å². The van der Waals surface area contributed by atoms with E-state index < -0.39 is 0 Å². The zero-order valence-corrected chi connectivity index (χ0v) is 11.1. The Morgan fingerprint density at radius 2 is 2.00 bits per heavy atom. The molecule has 0 unspecified atom stereocenters. The van der Waals surface area contributed by atoms with Gasteiger partial charge in [0.1, 0.15) is 0 Å². The number of amides is 1. The van der Waals surface area contributed by atoms with Crippen molar-refractivity contribution in [3.8, 4) is 0 Å². The van der Waals surface area contributed by atoms with Crippen LogP contribution >= 0.6 is 0 Å². The second-order valence-electron chi connectivity index (χ2n) is 5.84. The third-order valence-electron chi connectivity index (χ3n) is 3.03. The SMILES string of the molecule is COCCN1CC(C)(C)NCC(C)(C)C1=O. The summed E-state index contributed by atoms with van der Waals surface area (Å²) in [7, 11) is 1.66. The minimum absolute atomic E-state index is 0.0306. The second-order valence-corrected chi connectivity index (χ2v) is 5.84. The van der Waals surface area contributed by atoms with Crippen LogP contribution in [0, 0.1) is 5.41 Å². The molecule has 1 heterocycles. The third-order valence-corrected chi connectivity index (χ3v) is 3.03. The average molecular weight is 228 g/mol. The highest BCUT2D eigenvalue weighted by atomic mass is 16.5. The van der Waals surface area contributed by atoms with Crippen LogP contribution in [0.1, 0.15) is 27.7 Å². The van der Waals surface area contributed by atoms with E-state index in [-0.39, 0.29) is 16.9 Å². The Labute approximate surface area is 98.3 Å². The smallest absolute Gasteiger partial charge is 0.229 e. The number of nitrogens with one attached hydrogen (secondary N) is 1. The predicted molar refractivity (Wildman–Crippen MR) is 64.3 cm³/mol. The van der Waals surface area contributed by atoms with E-state index in [9.17, 15) is 4.79 Å². The van der Waals surface area contributed by atoms with Crippen molar-refractivity contribution >= 4 is 5.91 Å². The van der Waals surface area contributed by atoms with Crippen molar-refractivity contribution in [1.29, 1.82) is 0 Å².